The number of hydrogen-bond acceptors (Lipinski definition) is 8. The van der Waals surface area contributed by atoms with E-state index in [1.807, 2.05) is 38.7 Å². The molecule has 312 valence electrons. The molecule has 0 unspecified atom stereocenters. The molecule has 1 saturated heterocycles. The second-order valence-corrected chi connectivity index (χ2v) is 16.9. The van der Waals surface area contributed by atoms with E-state index >= 15 is 0 Å². The van der Waals surface area contributed by atoms with Gasteiger partial charge in [0.2, 0.25) is 17.7 Å². The Kier molecular flexibility index (Phi) is 21.2. The Bertz CT molecular complexity index is 1360. The number of amides is 3. The fraction of sp³-hybridized carbons (Fsp3) is 0.750. The maximum absolute atomic E-state index is 14.5. The van der Waals surface area contributed by atoms with Gasteiger partial charge in [-0.25, -0.2) is 0 Å². The molecule has 1 aromatic carbocycles. The summed E-state index contributed by atoms with van der Waals surface area (Å²) in [5.41, 5.74) is 1.30. The maximum Gasteiger partial charge on any atom is 0.226 e. The van der Waals surface area contributed by atoms with E-state index in [0.29, 0.717) is 6.54 Å². The number of rotatable bonds is 25. The summed E-state index contributed by atoms with van der Waals surface area (Å²) in [5.74, 6) is -1.36. The summed E-state index contributed by atoms with van der Waals surface area (Å²) in [6.07, 6.45) is 4.74. The van der Waals surface area contributed by atoms with Gasteiger partial charge in [-0.05, 0) is 60.3 Å². The number of carbonyl (C=O) groups excluding carboxylic acids is 4. The Morgan fingerprint density at radius 3 is 2.09 bits per heavy atom. The van der Waals surface area contributed by atoms with Crippen LogP contribution in [0.3, 0.4) is 0 Å². The van der Waals surface area contributed by atoms with Gasteiger partial charge in [0, 0.05) is 60.2 Å². The number of hydrogen-bond donors (Lipinski definition) is 0. The molecule has 0 saturated carbocycles. The van der Waals surface area contributed by atoms with Crippen molar-refractivity contribution in [1.29, 1.82) is 0 Å². The first-order valence-corrected chi connectivity index (χ1v) is 20.9. The smallest absolute Gasteiger partial charge is 0.226 e. The van der Waals surface area contributed by atoms with Crippen molar-refractivity contribution in [2.24, 2.45) is 29.6 Å². The number of methoxy groups -OCH3 is 3. The molecule has 0 aromatic heterocycles. The summed E-state index contributed by atoms with van der Waals surface area (Å²) in [7, 11) is 8.28. The van der Waals surface area contributed by atoms with Crippen molar-refractivity contribution < 1.29 is 33.4 Å². The van der Waals surface area contributed by atoms with Crippen LogP contribution in [-0.4, -0.2) is 122 Å². The number of aryl methyl sites for hydroxylation is 1. The first-order chi connectivity index (χ1) is 26.0. The van der Waals surface area contributed by atoms with Crippen molar-refractivity contribution in [2.45, 2.75) is 137 Å². The van der Waals surface area contributed by atoms with Gasteiger partial charge in [-0.2, -0.15) is 0 Å². The van der Waals surface area contributed by atoms with Crippen LogP contribution < -0.4 is 0 Å². The molecular weight excluding hydrogens is 715 g/mol. The third kappa shape index (κ3) is 13.7. The van der Waals surface area contributed by atoms with Gasteiger partial charge in [-0.15, -0.1) is 0 Å². The Labute approximate surface area is 338 Å². The first-order valence-electron chi connectivity index (χ1n) is 20.5. The molecule has 0 radical (unpaired) electrons. The third-order valence-electron chi connectivity index (χ3n) is 11.9. The molecule has 2 rings (SSSR count). The predicted molar refractivity (Wildman–Crippen MR) is 224 cm³/mol. The Morgan fingerprint density at radius 2 is 1.55 bits per heavy atom. The van der Waals surface area contributed by atoms with Crippen molar-refractivity contribution in [1.82, 2.24) is 14.7 Å². The summed E-state index contributed by atoms with van der Waals surface area (Å²) in [4.78, 5) is 61.7. The van der Waals surface area contributed by atoms with Gasteiger partial charge in [0.25, 0.3) is 0 Å². The second-order valence-electron chi connectivity index (χ2n) is 16.4. The van der Waals surface area contributed by atoms with Crippen molar-refractivity contribution in [3.05, 3.63) is 35.9 Å². The predicted octanol–water partition coefficient (Wildman–Crippen LogP) is 7.05. The summed E-state index contributed by atoms with van der Waals surface area (Å²) in [6.45, 7) is 14.9. The molecule has 0 spiro atoms. The summed E-state index contributed by atoms with van der Waals surface area (Å²) < 4.78 is 17.3. The van der Waals surface area contributed by atoms with Crippen molar-refractivity contribution in [3.63, 3.8) is 0 Å². The van der Waals surface area contributed by atoms with E-state index in [1.54, 1.807) is 33.2 Å². The van der Waals surface area contributed by atoms with Gasteiger partial charge in [-0.3, -0.25) is 19.2 Å². The third-order valence-corrected chi connectivity index (χ3v) is 12.5. The Morgan fingerprint density at radius 1 is 0.891 bits per heavy atom. The molecular formula is C44H73N3O7S. The van der Waals surface area contributed by atoms with E-state index in [0.717, 1.165) is 43.4 Å². The number of carbonyl (C=O) groups is 4. The number of benzene rings is 1. The van der Waals surface area contributed by atoms with Gasteiger partial charge < -0.3 is 28.9 Å². The number of ketones is 1. The van der Waals surface area contributed by atoms with Crippen LogP contribution in [0.25, 0.3) is 0 Å². The number of nitrogens with zero attached hydrogens (tertiary/aromatic N) is 3. The highest BCUT2D eigenvalue weighted by molar-refractivity contribution is 7.80. The van der Waals surface area contributed by atoms with Crippen molar-refractivity contribution >= 4 is 40.6 Å². The molecule has 0 aliphatic carbocycles. The minimum Gasteiger partial charge on any atom is -0.384 e. The van der Waals surface area contributed by atoms with Crippen LogP contribution in [0, 0.1) is 29.6 Å². The molecule has 1 fully saturated rings. The Balaban J connectivity index is 2.24. The zero-order chi connectivity index (χ0) is 41.4. The lowest BCUT2D eigenvalue weighted by Crippen LogP contribution is -2.54. The van der Waals surface area contributed by atoms with Crippen LogP contribution in [0.15, 0.2) is 30.3 Å². The largest absolute Gasteiger partial charge is 0.384 e. The van der Waals surface area contributed by atoms with Crippen LogP contribution in [-0.2, 0) is 39.8 Å². The highest BCUT2D eigenvalue weighted by Crippen LogP contribution is 2.32. The normalized spacial score (nSPS) is 18.4. The SMILES string of the molecule is CC[C@H](C)[C@@H]([C@@H](CC(=O)N1CCC[C@H]1[C@H](OC)[C@@H](C)C(=S)CCCc1ccccc1)OC)N(C)C(=O)[C@@H](CC(=O)[C@H](C(C)C)N(C)C(=O)CCOC)C(C)C. The van der Waals surface area contributed by atoms with Crippen LogP contribution in [0.1, 0.15) is 105 Å². The average molecular weight is 788 g/mol. The van der Waals surface area contributed by atoms with Gasteiger partial charge in [0.15, 0.2) is 5.78 Å². The summed E-state index contributed by atoms with van der Waals surface area (Å²) in [5, 5.41) is 0. The molecule has 55 heavy (non-hydrogen) atoms. The van der Waals surface area contributed by atoms with Gasteiger partial charge in [-0.1, -0.05) is 97.4 Å². The van der Waals surface area contributed by atoms with E-state index in [1.165, 1.54) is 17.6 Å². The number of ether oxygens (including phenoxy) is 3. The molecule has 1 aromatic rings. The molecule has 11 heteroatoms. The molecule has 8 atom stereocenters. The molecule has 3 amide bonds. The molecule has 1 aliphatic heterocycles. The van der Waals surface area contributed by atoms with Crippen LogP contribution in [0.4, 0.5) is 0 Å². The second kappa shape index (κ2) is 24.1. The monoisotopic (exact) mass is 788 g/mol. The van der Waals surface area contributed by atoms with E-state index in [4.69, 9.17) is 26.4 Å². The number of likely N-dealkylation sites (N-methyl/N-ethyl adjacent to an activating group) is 2. The van der Waals surface area contributed by atoms with Gasteiger partial charge in [0.1, 0.15) is 0 Å². The Hall–Kier alpha value is -2.73. The lowest BCUT2D eigenvalue weighted by Gasteiger charge is -2.41. The van der Waals surface area contributed by atoms with Crippen LogP contribution >= 0.6 is 12.2 Å². The standard InChI is InChI=1S/C44H73N3O7S/c1-13-31(6)42(46(9)44(51)34(29(2)3)27-36(48)41(30(4)5)45(8)39(49)24-26-52-10)37(53-11)28-40(50)47-25-18-22-35(47)43(54-12)32(7)38(55)23-17-21-33-19-15-14-16-20-33/h14-16,19-20,29-32,34-35,37,41-43H,13,17-18,21-28H2,1-12H3/t31-,32-,34-,35-,37+,41-,42-,43+/m0/s1. The number of thiocarbonyl (C=S) groups is 1. The molecule has 0 bridgehead atoms. The average Bonchev–Trinajstić information content (AvgIpc) is 3.65. The fourth-order valence-corrected chi connectivity index (χ4v) is 8.72. The van der Waals surface area contributed by atoms with Crippen LogP contribution in [0.2, 0.25) is 0 Å². The summed E-state index contributed by atoms with van der Waals surface area (Å²) in [6, 6.07) is 9.25. The van der Waals surface area contributed by atoms with E-state index < -0.39 is 24.1 Å². The molecule has 0 N–H and O–H groups in total. The quantitative estimate of drug-likeness (QED) is 0.0972. The highest BCUT2D eigenvalue weighted by Gasteiger charge is 2.43. The molecule has 1 aliphatic rings. The topological polar surface area (TPSA) is 106 Å². The minimum absolute atomic E-state index is 0.00162. The summed E-state index contributed by atoms with van der Waals surface area (Å²) >= 11 is 5.94. The number of Topliss-reactive ketones (excluding diaryl/α,β-unsaturated/α-hetero) is 1. The first kappa shape index (κ1) is 48.4. The van der Waals surface area contributed by atoms with Gasteiger partial charge in [0.05, 0.1) is 49.8 Å². The van der Waals surface area contributed by atoms with Crippen LogP contribution in [0.5, 0.6) is 0 Å². The fourth-order valence-electron chi connectivity index (χ4n) is 8.44. The lowest BCUT2D eigenvalue weighted by molar-refractivity contribution is -0.149. The zero-order valence-corrected chi connectivity index (χ0v) is 36.9. The zero-order valence-electron chi connectivity index (χ0n) is 36.0. The van der Waals surface area contributed by atoms with E-state index in [9.17, 15) is 19.2 Å². The minimum atomic E-state index is -0.658. The van der Waals surface area contributed by atoms with Crippen molar-refractivity contribution in [3.8, 4) is 0 Å². The highest BCUT2D eigenvalue weighted by atomic mass is 32.1. The van der Waals surface area contributed by atoms with E-state index in [2.05, 4.69) is 45.0 Å². The van der Waals surface area contributed by atoms with E-state index in [-0.39, 0.29) is 85.2 Å². The maximum atomic E-state index is 14.5. The number of likely N-dealkylation sites (tertiary alicyclic amines) is 1. The molecule has 1 heterocycles. The lowest BCUT2D eigenvalue weighted by atomic mass is 9.83. The van der Waals surface area contributed by atoms with Crippen molar-refractivity contribution in [2.75, 3.05) is 48.6 Å². The molecule has 10 nitrogen and oxygen atoms in total. The van der Waals surface area contributed by atoms with Gasteiger partial charge >= 0.3 is 0 Å².